The minimum atomic E-state index is 0.776. The topological polar surface area (TPSA) is 38.7 Å². The van der Waals surface area contributed by atoms with E-state index in [1.165, 1.54) is 29.3 Å². The molecule has 1 aliphatic rings. The van der Waals surface area contributed by atoms with Crippen LogP contribution in [0.5, 0.6) is 0 Å². The van der Waals surface area contributed by atoms with Gasteiger partial charge in [0.1, 0.15) is 6.20 Å². The Hall–Kier alpha value is -2.53. The molecule has 1 fully saturated rings. The Kier molecular flexibility index (Phi) is 6.12. The monoisotopic (exact) mass is 352 g/mol. The van der Waals surface area contributed by atoms with Gasteiger partial charge >= 0.3 is 0 Å². The molecular weight excluding hydrogens is 322 g/mol. The summed E-state index contributed by atoms with van der Waals surface area (Å²) < 4.78 is 0. The predicted octanol–water partition coefficient (Wildman–Crippen LogP) is 2.46. The molecule has 2 N–H and O–H groups in total. The van der Waals surface area contributed by atoms with Gasteiger partial charge in [0.2, 0.25) is 0 Å². The van der Waals surface area contributed by atoms with Crippen LogP contribution in [0.25, 0.3) is 10.8 Å². The van der Waals surface area contributed by atoms with Gasteiger partial charge in [0, 0.05) is 49.9 Å². The van der Waals surface area contributed by atoms with Gasteiger partial charge in [-0.05, 0) is 25.0 Å². The van der Waals surface area contributed by atoms with E-state index < -0.39 is 0 Å². The maximum Gasteiger partial charge on any atom is 0.108 e. The molecule has 0 saturated carbocycles. The van der Waals surface area contributed by atoms with Crippen molar-refractivity contribution in [2.24, 2.45) is 5.10 Å². The van der Waals surface area contributed by atoms with Gasteiger partial charge < -0.3 is 15.1 Å². The summed E-state index contributed by atoms with van der Waals surface area (Å²) in [6, 6.07) is 13.1. The van der Waals surface area contributed by atoms with Gasteiger partial charge in [0.05, 0.1) is 25.5 Å². The second-order valence-corrected chi connectivity index (χ2v) is 6.78. The fourth-order valence-corrected chi connectivity index (χ4v) is 3.43. The van der Waals surface area contributed by atoms with E-state index in [0.29, 0.717) is 0 Å². The molecular formula is C21H30N5+. The van der Waals surface area contributed by atoms with Crippen LogP contribution in [0.2, 0.25) is 0 Å². The molecule has 0 unspecified atom stereocenters. The molecule has 3 rings (SSSR count). The van der Waals surface area contributed by atoms with Crippen molar-refractivity contribution >= 4 is 28.4 Å². The van der Waals surface area contributed by atoms with E-state index in [1.807, 2.05) is 50.1 Å². The fourth-order valence-electron chi connectivity index (χ4n) is 3.43. The Bertz CT molecular complexity index is 777. The smallest absolute Gasteiger partial charge is 0.108 e. The first-order valence-corrected chi connectivity index (χ1v) is 9.40. The molecule has 0 spiro atoms. The Labute approximate surface area is 156 Å². The summed E-state index contributed by atoms with van der Waals surface area (Å²) >= 11 is 0. The van der Waals surface area contributed by atoms with Crippen molar-refractivity contribution < 1.29 is 5.32 Å². The maximum absolute atomic E-state index is 4.63. The molecule has 0 aromatic heterocycles. The predicted molar refractivity (Wildman–Crippen MR) is 112 cm³/mol. The Morgan fingerprint density at radius 1 is 1.08 bits per heavy atom. The lowest BCUT2D eigenvalue weighted by Crippen LogP contribution is -2.72. The van der Waals surface area contributed by atoms with Crippen LogP contribution in [0.3, 0.4) is 0 Å². The molecule has 1 heterocycles. The first-order valence-electron chi connectivity index (χ1n) is 9.40. The zero-order valence-electron chi connectivity index (χ0n) is 16.1. The lowest BCUT2D eigenvalue weighted by molar-refractivity contribution is -0.557. The van der Waals surface area contributed by atoms with Gasteiger partial charge in [-0.1, -0.05) is 24.3 Å². The number of fused-ring (bicyclic) bond motifs is 1. The summed E-state index contributed by atoms with van der Waals surface area (Å²) in [7, 11) is 6.08. The third-order valence-electron chi connectivity index (χ3n) is 4.83. The van der Waals surface area contributed by atoms with Crippen LogP contribution in [-0.2, 0) is 0 Å². The molecule has 2 aromatic carbocycles. The third-order valence-corrected chi connectivity index (χ3v) is 4.83. The van der Waals surface area contributed by atoms with Crippen molar-refractivity contribution in [1.82, 2.24) is 4.90 Å². The molecule has 0 bridgehead atoms. The van der Waals surface area contributed by atoms with E-state index in [-0.39, 0.29) is 0 Å². The highest BCUT2D eigenvalue weighted by Gasteiger charge is 2.16. The Balaban J connectivity index is 1.81. The Morgan fingerprint density at radius 3 is 2.54 bits per heavy atom. The molecule has 5 heteroatoms. The number of anilines is 2. The minimum absolute atomic E-state index is 0.776. The normalized spacial score (nSPS) is 14.8. The second-order valence-electron chi connectivity index (χ2n) is 6.78. The first kappa shape index (κ1) is 18.3. The molecule has 0 radical (unpaired) electrons. The van der Waals surface area contributed by atoms with Crippen molar-refractivity contribution in [3.05, 3.63) is 48.8 Å². The SMILES string of the molecule is C[NH2+]/C=C\N(C)C/C=N/N(C)c1ccc(N2CCCC2)c2ccccc12. The first-order chi connectivity index (χ1) is 12.7. The molecule has 5 nitrogen and oxygen atoms in total. The number of quaternary nitrogens is 1. The number of hydrazone groups is 1. The maximum atomic E-state index is 4.63. The molecule has 1 aliphatic heterocycles. The van der Waals surface area contributed by atoms with Crippen molar-refractivity contribution in [3.8, 4) is 0 Å². The van der Waals surface area contributed by atoms with E-state index >= 15 is 0 Å². The standard InChI is InChI=1S/C21H29N5/c1-22-12-16-24(2)17-13-23-25(3)20-10-11-21(26-14-6-7-15-26)19-9-5-4-8-18(19)20/h4-5,8-13,16,22H,6-7,14-15,17H2,1-3H3/p+1/b16-12-,23-13+. The van der Waals surface area contributed by atoms with E-state index in [9.17, 15) is 0 Å². The summed E-state index contributed by atoms with van der Waals surface area (Å²) in [5.74, 6) is 0. The number of benzene rings is 2. The van der Waals surface area contributed by atoms with Gasteiger partial charge in [-0.3, -0.25) is 5.01 Å². The Morgan fingerprint density at radius 2 is 1.81 bits per heavy atom. The summed E-state index contributed by atoms with van der Waals surface area (Å²) in [6.07, 6.45) is 8.60. The highest BCUT2D eigenvalue weighted by molar-refractivity contribution is 6.02. The highest BCUT2D eigenvalue weighted by atomic mass is 15.4. The van der Waals surface area contributed by atoms with E-state index in [4.69, 9.17) is 0 Å². The second kappa shape index (κ2) is 8.72. The largest absolute Gasteiger partial charge is 0.371 e. The number of nitrogens with two attached hydrogens (primary N) is 1. The highest BCUT2D eigenvalue weighted by Crippen LogP contribution is 2.35. The molecule has 26 heavy (non-hydrogen) atoms. The molecule has 2 aromatic rings. The van der Waals surface area contributed by atoms with Gasteiger partial charge in [-0.2, -0.15) is 5.10 Å². The van der Waals surface area contributed by atoms with Crippen molar-refractivity contribution in [1.29, 1.82) is 0 Å². The average Bonchev–Trinajstić information content (AvgIpc) is 3.20. The molecule has 0 amide bonds. The van der Waals surface area contributed by atoms with Crippen LogP contribution in [0.1, 0.15) is 12.8 Å². The van der Waals surface area contributed by atoms with Crippen LogP contribution in [-0.4, -0.2) is 51.9 Å². The number of hydrogen-bond acceptors (Lipinski definition) is 4. The summed E-state index contributed by atoms with van der Waals surface area (Å²) in [6.45, 7) is 3.09. The van der Waals surface area contributed by atoms with Crippen molar-refractivity contribution in [2.45, 2.75) is 12.8 Å². The van der Waals surface area contributed by atoms with E-state index in [2.05, 4.69) is 51.3 Å². The lowest BCUT2D eigenvalue weighted by Gasteiger charge is -2.23. The third kappa shape index (κ3) is 4.17. The lowest BCUT2D eigenvalue weighted by atomic mass is 10.1. The van der Waals surface area contributed by atoms with E-state index in [1.54, 1.807) is 0 Å². The average molecular weight is 353 g/mol. The molecule has 1 saturated heterocycles. The quantitative estimate of drug-likeness (QED) is 0.614. The van der Waals surface area contributed by atoms with Gasteiger partial charge in [-0.15, -0.1) is 0 Å². The number of nitrogens with zero attached hydrogens (tertiary/aromatic N) is 4. The summed E-state index contributed by atoms with van der Waals surface area (Å²) in [5.41, 5.74) is 2.49. The van der Waals surface area contributed by atoms with Crippen LogP contribution in [0.15, 0.2) is 53.9 Å². The van der Waals surface area contributed by atoms with E-state index in [0.717, 1.165) is 25.3 Å². The molecule has 138 valence electrons. The van der Waals surface area contributed by atoms with Gasteiger partial charge in [0.15, 0.2) is 0 Å². The van der Waals surface area contributed by atoms with Crippen LogP contribution < -0.4 is 15.2 Å². The molecule has 0 atom stereocenters. The van der Waals surface area contributed by atoms with Crippen LogP contribution in [0.4, 0.5) is 11.4 Å². The van der Waals surface area contributed by atoms with Crippen LogP contribution >= 0.6 is 0 Å². The molecule has 0 aliphatic carbocycles. The van der Waals surface area contributed by atoms with Crippen LogP contribution in [0, 0.1) is 0 Å². The summed E-state index contributed by atoms with van der Waals surface area (Å²) in [4.78, 5) is 4.60. The number of rotatable bonds is 7. The van der Waals surface area contributed by atoms with Crippen molar-refractivity contribution in [3.63, 3.8) is 0 Å². The van der Waals surface area contributed by atoms with Gasteiger partial charge in [-0.25, -0.2) is 0 Å². The number of hydrogen-bond donors (Lipinski definition) is 1. The van der Waals surface area contributed by atoms with Crippen molar-refractivity contribution in [2.75, 3.05) is 50.7 Å². The van der Waals surface area contributed by atoms with Gasteiger partial charge in [0.25, 0.3) is 0 Å². The minimum Gasteiger partial charge on any atom is -0.371 e. The summed E-state index contributed by atoms with van der Waals surface area (Å²) in [5, 5.41) is 11.2. The zero-order chi connectivity index (χ0) is 18.4. The fraction of sp³-hybridized carbons (Fsp3) is 0.381. The zero-order valence-corrected chi connectivity index (χ0v) is 16.1.